The van der Waals surface area contributed by atoms with Crippen LogP contribution in [0, 0.1) is 5.92 Å². The van der Waals surface area contributed by atoms with Gasteiger partial charge in [-0.15, -0.1) is 0 Å². The van der Waals surface area contributed by atoms with Crippen LogP contribution in [0.2, 0.25) is 0 Å². The third kappa shape index (κ3) is 2.44. The number of carbonyl (C=O) groups is 2. The summed E-state index contributed by atoms with van der Waals surface area (Å²) in [6.07, 6.45) is 5.01. The number of carboxylic acid groups (broad SMARTS) is 1. The van der Waals surface area contributed by atoms with Crippen molar-refractivity contribution in [3.05, 3.63) is 0 Å². The van der Waals surface area contributed by atoms with Crippen LogP contribution < -0.4 is 5.32 Å². The fourth-order valence-electron chi connectivity index (χ4n) is 3.16. The van der Waals surface area contributed by atoms with Crippen LogP contribution in [0.4, 0.5) is 4.79 Å². The second kappa shape index (κ2) is 4.78. The molecular formula is C13H22N2O3. The average Bonchev–Trinajstić information content (AvgIpc) is 2.84. The van der Waals surface area contributed by atoms with E-state index in [-0.39, 0.29) is 17.5 Å². The first kappa shape index (κ1) is 13.2. The van der Waals surface area contributed by atoms with Gasteiger partial charge >= 0.3 is 12.0 Å². The molecule has 0 bridgehead atoms. The smallest absolute Gasteiger partial charge is 0.326 e. The number of rotatable bonds is 2. The summed E-state index contributed by atoms with van der Waals surface area (Å²) in [6, 6.07) is -0.883. The molecule has 1 heterocycles. The van der Waals surface area contributed by atoms with E-state index in [9.17, 15) is 14.7 Å². The molecule has 1 saturated heterocycles. The fraction of sp³-hybridized carbons (Fsp3) is 0.846. The molecule has 1 aliphatic carbocycles. The van der Waals surface area contributed by atoms with Gasteiger partial charge in [-0.3, -0.25) is 0 Å². The highest BCUT2D eigenvalue weighted by Gasteiger charge is 2.41. The average molecular weight is 254 g/mol. The van der Waals surface area contributed by atoms with E-state index in [1.54, 1.807) is 0 Å². The molecule has 18 heavy (non-hydrogen) atoms. The molecule has 0 aromatic carbocycles. The Hall–Kier alpha value is -1.26. The summed E-state index contributed by atoms with van der Waals surface area (Å²) in [5.41, 5.74) is -0.147. The number of carbonyl (C=O) groups excluding carboxylic acids is 1. The van der Waals surface area contributed by atoms with Gasteiger partial charge in [0.15, 0.2) is 0 Å². The highest BCUT2D eigenvalue weighted by Crippen LogP contribution is 2.30. The summed E-state index contributed by atoms with van der Waals surface area (Å²) < 4.78 is 0. The van der Waals surface area contributed by atoms with E-state index in [2.05, 4.69) is 5.32 Å². The Bertz CT molecular complexity index is 350. The minimum absolute atomic E-state index is 0.0321. The van der Waals surface area contributed by atoms with Crippen LogP contribution in [-0.4, -0.2) is 40.1 Å². The maximum absolute atomic E-state index is 12.2. The molecule has 0 aromatic heterocycles. The van der Waals surface area contributed by atoms with Gasteiger partial charge in [-0.25, -0.2) is 9.59 Å². The van der Waals surface area contributed by atoms with Crippen molar-refractivity contribution in [2.75, 3.05) is 6.54 Å². The molecular weight excluding hydrogens is 232 g/mol. The van der Waals surface area contributed by atoms with Gasteiger partial charge < -0.3 is 15.3 Å². The van der Waals surface area contributed by atoms with Crippen LogP contribution in [-0.2, 0) is 4.79 Å². The maximum Gasteiger partial charge on any atom is 0.326 e. The summed E-state index contributed by atoms with van der Waals surface area (Å²) >= 11 is 0. The zero-order chi connectivity index (χ0) is 13.3. The molecule has 2 atom stereocenters. The molecule has 2 rings (SSSR count). The van der Waals surface area contributed by atoms with Gasteiger partial charge in [0.2, 0.25) is 0 Å². The predicted octanol–water partition coefficient (Wildman–Crippen LogP) is 1.82. The van der Waals surface area contributed by atoms with Crippen LogP contribution in [0.15, 0.2) is 0 Å². The molecule has 1 aliphatic heterocycles. The third-order valence-corrected chi connectivity index (χ3v) is 4.33. The molecule has 0 radical (unpaired) electrons. The molecule has 2 unspecified atom stereocenters. The van der Waals surface area contributed by atoms with E-state index in [0.29, 0.717) is 6.54 Å². The molecule has 1 saturated carbocycles. The lowest BCUT2D eigenvalue weighted by molar-refractivity contribution is -0.142. The molecule has 102 valence electrons. The van der Waals surface area contributed by atoms with Crippen LogP contribution in [0.25, 0.3) is 0 Å². The zero-order valence-corrected chi connectivity index (χ0v) is 11.1. The van der Waals surface area contributed by atoms with E-state index >= 15 is 0 Å². The van der Waals surface area contributed by atoms with Crippen molar-refractivity contribution >= 4 is 12.0 Å². The molecule has 2 aliphatic rings. The predicted molar refractivity (Wildman–Crippen MR) is 67.3 cm³/mol. The fourth-order valence-corrected chi connectivity index (χ4v) is 3.16. The van der Waals surface area contributed by atoms with Crippen LogP contribution in [0.1, 0.15) is 46.0 Å². The Morgan fingerprint density at radius 1 is 1.33 bits per heavy atom. The van der Waals surface area contributed by atoms with Crippen molar-refractivity contribution in [3.8, 4) is 0 Å². The molecule has 0 spiro atoms. The highest BCUT2D eigenvalue weighted by atomic mass is 16.4. The number of carboxylic acids is 1. The molecule has 2 fully saturated rings. The second-order valence-corrected chi connectivity index (χ2v) is 5.94. The lowest BCUT2D eigenvalue weighted by atomic mass is 10.0. The first-order chi connectivity index (χ1) is 8.43. The summed E-state index contributed by atoms with van der Waals surface area (Å²) in [4.78, 5) is 24.9. The van der Waals surface area contributed by atoms with Gasteiger partial charge in [0, 0.05) is 12.1 Å². The monoisotopic (exact) mass is 254 g/mol. The van der Waals surface area contributed by atoms with Crippen LogP contribution in [0.3, 0.4) is 0 Å². The number of hydrogen-bond donors (Lipinski definition) is 2. The standard InChI is InChI=1S/C13H22N2O3/c1-9-5-8-15(10(9)11(16)17)12(18)14-13(2)6-3-4-7-13/h9-10H,3-8H2,1-2H3,(H,14,18)(H,16,17). The maximum atomic E-state index is 12.2. The number of amides is 2. The minimum atomic E-state index is -0.897. The number of likely N-dealkylation sites (tertiary alicyclic amines) is 1. The number of nitrogens with zero attached hydrogens (tertiary/aromatic N) is 1. The van der Waals surface area contributed by atoms with Gasteiger partial charge in [0.25, 0.3) is 0 Å². The molecule has 2 N–H and O–H groups in total. The first-order valence-electron chi connectivity index (χ1n) is 6.74. The molecule has 2 amide bonds. The summed E-state index contributed by atoms with van der Waals surface area (Å²) in [7, 11) is 0. The van der Waals surface area contributed by atoms with Crippen molar-refractivity contribution in [1.82, 2.24) is 10.2 Å². The zero-order valence-electron chi connectivity index (χ0n) is 11.1. The Morgan fingerprint density at radius 3 is 2.50 bits per heavy atom. The van der Waals surface area contributed by atoms with Crippen molar-refractivity contribution in [2.45, 2.75) is 57.5 Å². The van der Waals surface area contributed by atoms with E-state index in [0.717, 1.165) is 32.1 Å². The Labute approximate surface area is 108 Å². The van der Waals surface area contributed by atoms with Gasteiger partial charge in [-0.2, -0.15) is 0 Å². The van der Waals surface area contributed by atoms with E-state index in [4.69, 9.17) is 0 Å². The van der Waals surface area contributed by atoms with Crippen molar-refractivity contribution in [3.63, 3.8) is 0 Å². The first-order valence-corrected chi connectivity index (χ1v) is 6.74. The number of hydrogen-bond acceptors (Lipinski definition) is 2. The van der Waals surface area contributed by atoms with Gasteiger partial charge in [0.1, 0.15) is 6.04 Å². The van der Waals surface area contributed by atoms with Gasteiger partial charge in [-0.1, -0.05) is 19.8 Å². The SMILES string of the molecule is CC1CCN(C(=O)NC2(C)CCCC2)C1C(=O)O. The number of aliphatic carboxylic acids is 1. The summed E-state index contributed by atoms with van der Waals surface area (Å²) in [6.45, 7) is 4.48. The quantitative estimate of drug-likeness (QED) is 0.789. The topological polar surface area (TPSA) is 69.6 Å². The van der Waals surface area contributed by atoms with Crippen LogP contribution in [0.5, 0.6) is 0 Å². The van der Waals surface area contributed by atoms with Gasteiger partial charge in [-0.05, 0) is 32.1 Å². The molecule has 5 nitrogen and oxygen atoms in total. The Balaban J connectivity index is 2.02. The van der Waals surface area contributed by atoms with Gasteiger partial charge in [0.05, 0.1) is 0 Å². The highest BCUT2D eigenvalue weighted by molar-refractivity contribution is 5.84. The largest absolute Gasteiger partial charge is 0.480 e. The van der Waals surface area contributed by atoms with E-state index < -0.39 is 12.0 Å². The molecule has 5 heteroatoms. The summed E-state index contributed by atoms with van der Waals surface area (Å²) in [5.74, 6) is -0.864. The number of urea groups is 1. The van der Waals surface area contributed by atoms with E-state index in [1.165, 1.54) is 4.90 Å². The molecule has 0 aromatic rings. The van der Waals surface area contributed by atoms with E-state index in [1.807, 2.05) is 13.8 Å². The van der Waals surface area contributed by atoms with Crippen molar-refractivity contribution in [2.24, 2.45) is 5.92 Å². The Kier molecular flexibility index (Phi) is 3.50. The normalized spacial score (nSPS) is 30.4. The van der Waals surface area contributed by atoms with Crippen molar-refractivity contribution in [1.29, 1.82) is 0 Å². The number of nitrogens with one attached hydrogen (secondary N) is 1. The minimum Gasteiger partial charge on any atom is -0.480 e. The lowest BCUT2D eigenvalue weighted by Gasteiger charge is -2.31. The second-order valence-electron chi connectivity index (χ2n) is 5.94. The summed E-state index contributed by atoms with van der Waals surface area (Å²) in [5, 5.41) is 12.2. The third-order valence-electron chi connectivity index (χ3n) is 4.33. The van der Waals surface area contributed by atoms with Crippen molar-refractivity contribution < 1.29 is 14.7 Å². The lowest BCUT2D eigenvalue weighted by Crippen LogP contribution is -2.53. The Morgan fingerprint density at radius 2 is 1.94 bits per heavy atom. The van der Waals surface area contributed by atoms with Crippen LogP contribution >= 0.6 is 0 Å².